The summed E-state index contributed by atoms with van der Waals surface area (Å²) in [5, 5.41) is 11.6. The van der Waals surface area contributed by atoms with E-state index in [0.29, 0.717) is 13.0 Å². The van der Waals surface area contributed by atoms with Crippen LogP contribution >= 0.6 is 0 Å². The Morgan fingerprint density at radius 1 is 1.47 bits per heavy atom. The Bertz CT molecular complexity index is 440. The number of amides is 1. The number of nitrogens with one attached hydrogen (secondary N) is 1. The number of carbonyl (C=O) groups excluding carboxylic acids is 1. The average molecular weight is 267 g/mol. The monoisotopic (exact) mass is 267 g/mol. The molecule has 1 rings (SSSR count). The highest BCUT2D eigenvalue weighted by Crippen LogP contribution is 2.07. The maximum atomic E-state index is 11.8. The molecular formula is C13H21N3O3. The number of rotatable bonds is 7. The van der Waals surface area contributed by atoms with Crippen LogP contribution in [0.3, 0.4) is 0 Å². The van der Waals surface area contributed by atoms with E-state index in [4.69, 9.17) is 5.11 Å². The van der Waals surface area contributed by atoms with Crippen LogP contribution in [-0.4, -0.2) is 32.6 Å². The molecule has 6 nitrogen and oxygen atoms in total. The lowest BCUT2D eigenvalue weighted by molar-refractivity contribution is -0.138. The van der Waals surface area contributed by atoms with Gasteiger partial charge >= 0.3 is 5.97 Å². The molecule has 1 amide bonds. The van der Waals surface area contributed by atoms with Gasteiger partial charge in [0.2, 0.25) is 5.91 Å². The predicted octanol–water partition coefficient (Wildman–Crippen LogP) is 1.20. The fourth-order valence-corrected chi connectivity index (χ4v) is 1.78. The summed E-state index contributed by atoms with van der Waals surface area (Å²) in [5.74, 6) is -0.0775. The molecule has 0 aliphatic carbocycles. The number of aryl methyl sites for hydroxylation is 2. The number of nitrogens with zero attached hydrogens (tertiary/aromatic N) is 2. The molecule has 1 heterocycles. The van der Waals surface area contributed by atoms with Gasteiger partial charge in [-0.1, -0.05) is 13.8 Å². The zero-order valence-corrected chi connectivity index (χ0v) is 11.6. The quantitative estimate of drug-likeness (QED) is 0.777. The molecule has 0 spiro atoms. The summed E-state index contributed by atoms with van der Waals surface area (Å²) in [5.41, 5.74) is 0. The summed E-state index contributed by atoms with van der Waals surface area (Å²) in [6, 6.07) is -0.325. The van der Waals surface area contributed by atoms with Gasteiger partial charge in [-0.25, -0.2) is 4.98 Å². The van der Waals surface area contributed by atoms with Crippen molar-refractivity contribution in [3.05, 3.63) is 18.2 Å². The first kappa shape index (κ1) is 15.2. The van der Waals surface area contributed by atoms with E-state index in [1.54, 1.807) is 6.20 Å². The maximum Gasteiger partial charge on any atom is 0.305 e. The molecule has 19 heavy (non-hydrogen) atoms. The summed E-state index contributed by atoms with van der Waals surface area (Å²) >= 11 is 0. The summed E-state index contributed by atoms with van der Waals surface area (Å²) < 4.78 is 1.89. The summed E-state index contributed by atoms with van der Waals surface area (Å²) in [4.78, 5) is 26.6. The van der Waals surface area contributed by atoms with Crippen LogP contribution in [0, 0.1) is 12.8 Å². The Morgan fingerprint density at radius 3 is 2.63 bits per heavy atom. The normalized spacial score (nSPS) is 12.4. The Morgan fingerprint density at radius 2 is 2.16 bits per heavy atom. The van der Waals surface area contributed by atoms with Gasteiger partial charge in [-0.3, -0.25) is 9.59 Å². The molecule has 1 aromatic heterocycles. The zero-order chi connectivity index (χ0) is 14.4. The number of carboxylic acid groups (broad SMARTS) is 1. The van der Waals surface area contributed by atoms with Gasteiger partial charge in [-0.15, -0.1) is 0 Å². The summed E-state index contributed by atoms with van der Waals surface area (Å²) in [7, 11) is 0. The van der Waals surface area contributed by atoms with Crippen molar-refractivity contribution in [2.45, 2.75) is 46.2 Å². The van der Waals surface area contributed by atoms with Gasteiger partial charge in [-0.2, -0.15) is 0 Å². The van der Waals surface area contributed by atoms with Gasteiger partial charge in [0.15, 0.2) is 0 Å². The van der Waals surface area contributed by atoms with Crippen LogP contribution in [0.2, 0.25) is 0 Å². The van der Waals surface area contributed by atoms with Crippen molar-refractivity contribution in [1.29, 1.82) is 0 Å². The minimum absolute atomic E-state index is 0.0481. The van der Waals surface area contributed by atoms with E-state index in [1.165, 1.54) is 0 Å². The van der Waals surface area contributed by atoms with E-state index in [1.807, 2.05) is 31.5 Å². The lowest BCUT2D eigenvalue weighted by Gasteiger charge is -2.20. The minimum Gasteiger partial charge on any atom is -0.481 e. The number of imidazole rings is 1. The highest BCUT2D eigenvalue weighted by Gasteiger charge is 2.19. The molecule has 0 radical (unpaired) electrons. The first-order valence-electron chi connectivity index (χ1n) is 6.39. The van der Waals surface area contributed by atoms with Gasteiger partial charge in [0.1, 0.15) is 5.82 Å². The number of aliphatic carboxylic acids is 1. The van der Waals surface area contributed by atoms with Crippen LogP contribution < -0.4 is 5.32 Å². The van der Waals surface area contributed by atoms with Gasteiger partial charge < -0.3 is 15.0 Å². The summed E-state index contributed by atoms with van der Waals surface area (Å²) in [6.07, 6.45) is 3.78. The SMILES string of the molecule is Cc1nccn1CCC(=O)N[C@H](CC(=O)O)C(C)C. The molecule has 0 saturated carbocycles. The van der Waals surface area contributed by atoms with Crippen molar-refractivity contribution in [1.82, 2.24) is 14.9 Å². The van der Waals surface area contributed by atoms with E-state index in [2.05, 4.69) is 10.3 Å². The zero-order valence-electron chi connectivity index (χ0n) is 11.6. The third-order valence-electron chi connectivity index (χ3n) is 3.05. The molecule has 0 bridgehead atoms. The van der Waals surface area contributed by atoms with Crippen LogP contribution in [0.15, 0.2) is 12.4 Å². The Labute approximate surface area is 112 Å². The first-order valence-corrected chi connectivity index (χ1v) is 6.39. The van der Waals surface area contributed by atoms with Crippen LogP contribution in [0.5, 0.6) is 0 Å². The van der Waals surface area contributed by atoms with Crippen molar-refractivity contribution < 1.29 is 14.7 Å². The molecule has 0 fully saturated rings. The van der Waals surface area contributed by atoms with Gasteiger partial charge in [-0.05, 0) is 12.8 Å². The summed E-state index contributed by atoms with van der Waals surface area (Å²) in [6.45, 7) is 6.22. The van der Waals surface area contributed by atoms with Crippen molar-refractivity contribution in [2.24, 2.45) is 5.92 Å². The van der Waals surface area contributed by atoms with Crippen LogP contribution in [-0.2, 0) is 16.1 Å². The third kappa shape index (κ3) is 5.11. The van der Waals surface area contributed by atoms with E-state index in [9.17, 15) is 9.59 Å². The number of hydrogen-bond acceptors (Lipinski definition) is 3. The lowest BCUT2D eigenvalue weighted by Crippen LogP contribution is -2.40. The van der Waals surface area contributed by atoms with Crippen LogP contribution in [0.4, 0.5) is 0 Å². The highest BCUT2D eigenvalue weighted by atomic mass is 16.4. The predicted molar refractivity (Wildman–Crippen MR) is 70.6 cm³/mol. The second-order valence-corrected chi connectivity index (χ2v) is 4.93. The number of aromatic nitrogens is 2. The second kappa shape index (κ2) is 6.92. The molecule has 0 saturated heterocycles. The van der Waals surface area contributed by atoms with Crippen LogP contribution in [0.25, 0.3) is 0 Å². The van der Waals surface area contributed by atoms with Crippen molar-refractivity contribution in [2.75, 3.05) is 0 Å². The van der Waals surface area contributed by atoms with Crippen molar-refractivity contribution in [3.63, 3.8) is 0 Å². The molecule has 2 N–H and O–H groups in total. The molecule has 0 aliphatic rings. The van der Waals surface area contributed by atoms with Crippen molar-refractivity contribution in [3.8, 4) is 0 Å². The molecule has 0 aliphatic heterocycles. The fraction of sp³-hybridized carbons (Fsp3) is 0.615. The standard InChI is InChI=1S/C13H21N3O3/c1-9(2)11(8-13(18)19)15-12(17)4-6-16-7-5-14-10(16)3/h5,7,9,11H,4,6,8H2,1-3H3,(H,15,17)(H,18,19)/t11-/m1/s1. The number of carboxylic acids is 1. The van der Waals surface area contributed by atoms with Gasteiger partial charge in [0, 0.05) is 31.4 Å². The molecule has 6 heteroatoms. The smallest absolute Gasteiger partial charge is 0.305 e. The topological polar surface area (TPSA) is 84.2 Å². The third-order valence-corrected chi connectivity index (χ3v) is 3.05. The van der Waals surface area contributed by atoms with Gasteiger partial charge in [0.25, 0.3) is 0 Å². The molecule has 1 aromatic rings. The highest BCUT2D eigenvalue weighted by molar-refractivity contribution is 5.77. The number of carbonyl (C=O) groups is 2. The Hall–Kier alpha value is -1.85. The average Bonchev–Trinajstić information content (AvgIpc) is 2.70. The van der Waals surface area contributed by atoms with Gasteiger partial charge in [0.05, 0.1) is 6.42 Å². The molecule has 0 aromatic carbocycles. The van der Waals surface area contributed by atoms with E-state index in [-0.39, 0.29) is 24.3 Å². The Kier molecular flexibility index (Phi) is 5.54. The minimum atomic E-state index is -0.899. The van der Waals surface area contributed by atoms with Crippen molar-refractivity contribution >= 4 is 11.9 Å². The van der Waals surface area contributed by atoms with E-state index < -0.39 is 5.97 Å². The Balaban J connectivity index is 2.44. The molecule has 0 unspecified atom stereocenters. The fourth-order valence-electron chi connectivity index (χ4n) is 1.78. The number of hydrogen-bond donors (Lipinski definition) is 2. The second-order valence-electron chi connectivity index (χ2n) is 4.93. The van der Waals surface area contributed by atoms with E-state index >= 15 is 0 Å². The van der Waals surface area contributed by atoms with Crippen LogP contribution in [0.1, 0.15) is 32.5 Å². The van der Waals surface area contributed by atoms with E-state index in [0.717, 1.165) is 5.82 Å². The first-order chi connectivity index (χ1) is 8.90. The lowest BCUT2D eigenvalue weighted by atomic mass is 10.0. The molecule has 106 valence electrons. The molecular weight excluding hydrogens is 246 g/mol. The largest absolute Gasteiger partial charge is 0.481 e. The molecule has 1 atom stereocenters. The maximum absolute atomic E-state index is 11.8.